The molecule has 0 unspecified atom stereocenters. The second-order valence-corrected chi connectivity index (χ2v) is 10.4. The summed E-state index contributed by atoms with van der Waals surface area (Å²) in [7, 11) is 1.75. The molecule has 0 radical (unpaired) electrons. The summed E-state index contributed by atoms with van der Waals surface area (Å²) in [6, 6.07) is 11.2. The molecule has 1 aromatic carbocycles. The molecular formula is C30H31F2N5O. The predicted octanol–water partition coefficient (Wildman–Crippen LogP) is 5.79. The van der Waals surface area contributed by atoms with Gasteiger partial charge in [0.05, 0.1) is 5.52 Å². The van der Waals surface area contributed by atoms with Crippen LogP contribution >= 0.6 is 0 Å². The fourth-order valence-corrected chi connectivity index (χ4v) is 5.97. The van der Waals surface area contributed by atoms with Gasteiger partial charge >= 0.3 is 0 Å². The lowest BCUT2D eigenvalue weighted by atomic mass is 9.91. The molecule has 2 aliphatic rings. The monoisotopic (exact) mass is 515 g/mol. The second-order valence-electron chi connectivity index (χ2n) is 10.4. The van der Waals surface area contributed by atoms with Crippen molar-refractivity contribution in [2.75, 3.05) is 24.5 Å². The smallest absolute Gasteiger partial charge is 0.264 e. The average Bonchev–Trinajstić information content (AvgIpc) is 2.95. The van der Waals surface area contributed by atoms with Crippen LogP contribution in [0.2, 0.25) is 0 Å². The summed E-state index contributed by atoms with van der Waals surface area (Å²) < 4.78 is 30.6. The Morgan fingerprint density at radius 1 is 1.08 bits per heavy atom. The van der Waals surface area contributed by atoms with E-state index in [1.165, 1.54) is 0 Å². The minimum atomic E-state index is -2.63. The van der Waals surface area contributed by atoms with Gasteiger partial charge in [0.1, 0.15) is 5.82 Å². The molecule has 0 atom stereocenters. The molecule has 5 heterocycles. The van der Waals surface area contributed by atoms with E-state index in [4.69, 9.17) is 4.98 Å². The Balaban J connectivity index is 1.44. The molecule has 1 N–H and O–H groups in total. The van der Waals surface area contributed by atoms with Gasteiger partial charge in [0.15, 0.2) is 0 Å². The highest BCUT2D eigenvalue weighted by atomic mass is 19.3. The fraction of sp³-hybridized carbons (Fsp3) is 0.367. The Labute approximate surface area is 220 Å². The van der Waals surface area contributed by atoms with Crippen LogP contribution in [-0.2, 0) is 13.5 Å². The van der Waals surface area contributed by atoms with Gasteiger partial charge in [0.25, 0.3) is 12.0 Å². The van der Waals surface area contributed by atoms with Gasteiger partial charge < -0.3 is 14.8 Å². The molecule has 38 heavy (non-hydrogen) atoms. The molecule has 6 rings (SSSR count). The van der Waals surface area contributed by atoms with E-state index in [9.17, 15) is 13.6 Å². The zero-order valence-electron chi connectivity index (χ0n) is 21.7. The molecule has 1 saturated heterocycles. The van der Waals surface area contributed by atoms with Crippen molar-refractivity contribution in [2.45, 2.75) is 45.0 Å². The van der Waals surface area contributed by atoms with Gasteiger partial charge in [0, 0.05) is 65.4 Å². The largest absolute Gasteiger partial charge is 0.326 e. The van der Waals surface area contributed by atoms with E-state index in [1.54, 1.807) is 37.0 Å². The van der Waals surface area contributed by atoms with Crippen LogP contribution in [0.25, 0.3) is 22.0 Å². The Kier molecular flexibility index (Phi) is 6.43. The lowest BCUT2D eigenvalue weighted by Crippen LogP contribution is -2.27. The van der Waals surface area contributed by atoms with Crippen LogP contribution in [0.5, 0.6) is 0 Å². The van der Waals surface area contributed by atoms with Gasteiger partial charge in [-0.1, -0.05) is 6.07 Å². The number of rotatable bonds is 4. The molecule has 2 aliphatic heterocycles. The van der Waals surface area contributed by atoms with Crippen molar-refractivity contribution in [3.05, 3.63) is 81.5 Å². The van der Waals surface area contributed by atoms with E-state index in [2.05, 4.69) is 10.3 Å². The summed E-state index contributed by atoms with van der Waals surface area (Å²) in [6.07, 6.45) is 4.55. The molecule has 4 aromatic rings. The first-order valence-corrected chi connectivity index (χ1v) is 13.3. The number of aromatic nitrogens is 3. The number of alkyl halides is 2. The van der Waals surface area contributed by atoms with Crippen molar-refractivity contribution in [2.24, 2.45) is 7.05 Å². The molecular weight excluding hydrogens is 484 g/mol. The van der Waals surface area contributed by atoms with Gasteiger partial charge in [-0.05, 0) is 87.2 Å². The number of piperidine rings is 1. The van der Waals surface area contributed by atoms with Gasteiger partial charge in [-0.2, -0.15) is 0 Å². The van der Waals surface area contributed by atoms with Gasteiger partial charge in [-0.15, -0.1) is 0 Å². The van der Waals surface area contributed by atoms with Crippen molar-refractivity contribution in [1.29, 1.82) is 0 Å². The van der Waals surface area contributed by atoms with Crippen molar-refractivity contribution < 1.29 is 8.78 Å². The van der Waals surface area contributed by atoms with E-state index in [0.717, 1.165) is 66.6 Å². The number of pyridine rings is 3. The lowest BCUT2D eigenvalue weighted by molar-refractivity contribution is 0.152. The normalized spacial score (nSPS) is 16.3. The summed E-state index contributed by atoms with van der Waals surface area (Å²) in [4.78, 5) is 23.9. The molecule has 0 aliphatic carbocycles. The average molecular weight is 516 g/mol. The number of anilines is 2. The minimum absolute atomic E-state index is 0.00381. The summed E-state index contributed by atoms with van der Waals surface area (Å²) in [6.45, 7) is 4.41. The number of hydrogen-bond acceptors (Lipinski definition) is 5. The first kappa shape index (κ1) is 24.7. The zero-order chi connectivity index (χ0) is 26.4. The zero-order valence-corrected chi connectivity index (χ0v) is 21.7. The Bertz CT molecular complexity index is 1560. The summed E-state index contributed by atoms with van der Waals surface area (Å²) >= 11 is 0. The number of hydrogen-bond donors (Lipinski definition) is 1. The highest BCUT2D eigenvalue weighted by Gasteiger charge is 2.26. The first-order chi connectivity index (χ1) is 18.4. The van der Waals surface area contributed by atoms with E-state index in [0.29, 0.717) is 35.0 Å². The number of nitrogens with one attached hydrogen (secondary N) is 1. The third-order valence-corrected chi connectivity index (χ3v) is 8.03. The SMILES string of the molecule is Cc1cc2c(N3CCCc4cc(-c5ccc(C6CCNCC6)nc5)c(C(F)F)cc43)nccc2n(C)c1=O. The number of fused-ring (bicyclic) bond motifs is 2. The summed E-state index contributed by atoms with van der Waals surface area (Å²) in [5.41, 5.74) is 5.37. The third kappa shape index (κ3) is 4.26. The number of aryl methyl sites for hydroxylation is 3. The predicted molar refractivity (Wildman–Crippen MR) is 147 cm³/mol. The van der Waals surface area contributed by atoms with Crippen LogP contribution in [0.4, 0.5) is 20.3 Å². The molecule has 0 amide bonds. The molecule has 3 aromatic heterocycles. The fourth-order valence-electron chi connectivity index (χ4n) is 5.97. The van der Waals surface area contributed by atoms with Crippen LogP contribution in [0.15, 0.2) is 53.6 Å². The van der Waals surface area contributed by atoms with E-state index in [-0.39, 0.29) is 11.1 Å². The topological polar surface area (TPSA) is 63.0 Å². The van der Waals surface area contributed by atoms with Crippen LogP contribution < -0.4 is 15.8 Å². The number of halogens is 2. The van der Waals surface area contributed by atoms with Gasteiger partial charge in [-0.3, -0.25) is 9.78 Å². The minimum Gasteiger partial charge on any atom is -0.326 e. The number of nitrogens with zero attached hydrogens (tertiary/aromatic N) is 4. The molecule has 6 nitrogen and oxygen atoms in total. The maximum Gasteiger partial charge on any atom is 0.264 e. The van der Waals surface area contributed by atoms with Crippen molar-refractivity contribution in [3.63, 3.8) is 0 Å². The highest BCUT2D eigenvalue weighted by molar-refractivity contribution is 5.93. The summed E-state index contributed by atoms with van der Waals surface area (Å²) in [5, 5.41) is 4.20. The standard InChI is InChI=1S/C30H31F2N5O/c1-18-14-24-26(36(2)30(18)38)9-12-34-29(24)37-13-3-4-20-15-22(23(28(31)32)16-27(20)37)21-5-6-25(35-17-21)19-7-10-33-11-8-19/h5-6,9,12,14-17,19,28,33H,3-4,7-8,10-11,13H2,1-2H3. The van der Waals surface area contributed by atoms with Crippen LogP contribution in [0.3, 0.4) is 0 Å². The van der Waals surface area contributed by atoms with Crippen molar-refractivity contribution in [1.82, 2.24) is 19.9 Å². The van der Waals surface area contributed by atoms with E-state index in [1.807, 2.05) is 35.2 Å². The highest BCUT2D eigenvalue weighted by Crippen LogP contribution is 2.42. The van der Waals surface area contributed by atoms with Gasteiger partial charge in [-0.25, -0.2) is 13.8 Å². The summed E-state index contributed by atoms with van der Waals surface area (Å²) in [5.74, 6) is 1.09. The van der Waals surface area contributed by atoms with Crippen molar-refractivity contribution >= 4 is 22.4 Å². The maximum absolute atomic E-state index is 14.5. The van der Waals surface area contributed by atoms with Crippen molar-refractivity contribution in [3.8, 4) is 11.1 Å². The molecule has 0 saturated carbocycles. The Hall–Kier alpha value is -3.65. The van der Waals surface area contributed by atoms with Crippen LogP contribution in [0, 0.1) is 6.92 Å². The maximum atomic E-state index is 14.5. The Morgan fingerprint density at radius 2 is 1.89 bits per heavy atom. The molecule has 0 spiro atoms. The second kappa shape index (κ2) is 9.91. The van der Waals surface area contributed by atoms with E-state index >= 15 is 0 Å². The Morgan fingerprint density at radius 3 is 2.63 bits per heavy atom. The van der Waals surface area contributed by atoms with E-state index < -0.39 is 6.43 Å². The molecule has 1 fully saturated rings. The van der Waals surface area contributed by atoms with Gasteiger partial charge in [0.2, 0.25) is 0 Å². The quantitative estimate of drug-likeness (QED) is 0.373. The first-order valence-electron chi connectivity index (χ1n) is 13.3. The van der Waals surface area contributed by atoms with Crippen LogP contribution in [-0.4, -0.2) is 34.2 Å². The molecule has 8 heteroatoms. The van der Waals surface area contributed by atoms with Crippen LogP contribution in [0.1, 0.15) is 54.0 Å². The third-order valence-electron chi connectivity index (χ3n) is 8.03. The number of benzene rings is 1. The molecule has 196 valence electrons. The molecule has 0 bridgehead atoms. The lowest BCUT2D eigenvalue weighted by Gasteiger charge is -2.32.